The molecule has 3 unspecified atom stereocenters. The van der Waals surface area contributed by atoms with Crippen LogP contribution in [-0.4, -0.2) is 37.3 Å². The molecule has 33 heavy (non-hydrogen) atoms. The van der Waals surface area contributed by atoms with E-state index in [1.165, 1.54) is 11.1 Å². The van der Waals surface area contributed by atoms with Crippen molar-refractivity contribution in [2.45, 2.75) is 77.7 Å². The predicted molar refractivity (Wildman–Crippen MR) is 133 cm³/mol. The fourth-order valence-electron chi connectivity index (χ4n) is 4.74. The third-order valence-corrected chi connectivity index (χ3v) is 6.60. The Kier molecular flexibility index (Phi) is 8.19. The highest BCUT2D eigenvalue weighted by Gasteiger charge is 2.41. The number of carbonyl (C=O) groups excluding carboxylic acids is 1. The molecule has 1 heterocycles. The molecule has 3 rings (SSSR count). The van der Waals surface area contributed by atoms with Gasteiger partial charge in [-0.15, -0.1) is 0 Å². The highest BCUT2D eigenvalue weighted by Crippen LogP contribution is 2.37. The molecular formula is C28H40N2O3. The molecule has 0 aliphatic carbocycles. The van der Waals surface area contributed by atoms with Gasteiger partial charge >= 0.3 is 0 Å². The Labute approximate surface area is 199 Å². The SMILES string of the molecule is COc1ccc(C(C)(C)C)cc1CNC1CCC(c2ccccc2)N1C(=O)C(OC)C(C)C. The van der Waals surface area contributed by atoms with E-state index in [2.05, 4.69) is 50.4 Å². The molecule has 0 aromatic heterocycles. The zero-order valence-corrected chi connectivity index (χ0v) is 21.2. The van der Waals surface area contributed by atoms with Crippen LogP contribution in [0.5, 0.6) is 5.75 Å². The summed E-state index contributed by atoms with van der Waals surface area (Å²) in [4.78, 5) is 15.7. The fraction of sp³-hybridized carbons (Fsp3) is 0.536. The first-order chi connectivity index (χ1) is 15.7. The van der Waals surface area contributed by atoms with Gasteiger partial charge in [0.15, 0.2) is 0 Å². The molecule has 1 saturated heterocycles. The third-order valence-electron chi connectivity index (χ3n) is 6.60. The third kappa shape index (κ3) is 5.77. The van der Waals surface area contributed by atoms with Gasteiger partial charge in [0.25, 0.3) is 5.91 Å². The normalized spacial score (nSPS) is 19.7. The summed E-state index contributed by atoms with van der Waals surface area (Å²) in [6.45, 7) is 11.3. The Morgan fingerprint density at radius 2 is 1.79 bits per heavy atom. The number of nitrogens with zero attached hydrogens (tertiary/aromatic N) is 1. The van der Waals surface area contributed by atoms with E-state index in [4.69, 9.17) is 9.47 Å². The van der Waals surface area contributed by atoms with E-state index in [9.17, 15) is 4.79 Å². The minimum Gasteiger partial charge on any atom is -0.496 e. The first kappa shape index (κ1) is 25.3. The predicted octanol–water partition coefficient (Wildman–Crippen LogP) is 5.44. The zero-order valence-electron chi connectivity index (χ0n) is 21.2. The molecular weight excluding hydrogens is 412 g/mol. The number of hydrogen-bond donors (Lipinski definition) is 1. The quantitative estimate of drug-likeness (QED) is 0.579. The monoisotopic (exact) mass is 452 g/mol. The van der Waals surface area contributed by atoms with Gasteiger partial charge in [0, 0.05) is 19.2 Å². The average molecular weight is 453 g/mol. The van der Waals surface area contributed by atoms with E-state index in [1.807, 2.05) is 43.0 Å². The molecule has 1 fully saturated rings. The lowest BCUT2D eigenvalue weighted by Gasteiger charge is -2.35. The van der Waals surface area contributed by atoms with Crippen molar-refractivity contribution in [3.8, 4) is 5.75 Å². The Morgan fingerprint density at radius 1 is 1.09 bits per heavy atom. The minimum absolute atomic E-state index is 0.0374. The topological polar surface area (TPSA) is 50.8 Å². The van der Waals surface area contributed by atoms with Crippen LogP contribution in [0, 0.1) is 5.92 Å². The Balaban J connectivity index is 1.87. The van der Waals surface area contributed by atoms with E-state index in [0.29, 0.717) is 6.54 Å². The second-order valence-electron chi connectivity index (χ2n) is 10.3. The molecule has 0 spiro atoms. The Hall–Kier alpha value is -2.37. The number of ether oxygens (including phenoxy) is 2. The van der Waals surface area contributed by atoms with E-state index >= 15 is 0 Å². The van der Waals surface area contributed by atoms with E-state index in [1.54, 1.807) is 14.2 Å². The number of likely N-dealkylation sites (tertiary alicyclic amines) is 1. The summed E-state index contributed by atoms with van der Waals surface area (Å²) >= 11 is 0. The second kappa shape index (κ2) is 10.7. The molecule has 0 bridgehead atoms. The minimum atomic E-state index is -0.461. The van der Waals surface area contributed by atoms with Crippen molar-refractivity contribution in [2.75, 3.05) is 14.2 Å². The number of amides is 1. The molecule has 180 valence electrons. The van der Waals surface area contributed by atoms with Crippen LogP contribution in [0.4, 0.5) is 0 Å². The first-order valence-corrected chi connectivity index (χ1v) is 12.0. The van der Waals surface area contributed by atoms with Crippen LogP contribution < -0.4 is 10.1 Å². The molecule has 5 nitrogen and oxygen atoms in total. The molecule has 5 heteroatoms. The van der Waals surface area contributed by atoms with E-state index in [-0.39, 0.29) is 29.4 Å². The van der Waals surface area contributed by atoms with E-state index < -0.39 is 6.10 Å². The first-order valence-electron chi connectivity index (χ1n) is 12.0. The van der Waals surface area contributed by atoms with Crippen LogP contribution in [0.2, 0.25) is 0 Å². The molecule has 1 amide bonds. The lowest BCUT2D eigenvalue weighted by atomic mass is 9.86. The van der Waals surface area contributed by atoms with Crippen LogP contribution in [0.25, 0.3) is 0 Å². The molecule has 1 N–H and O–H groups in total. The lowest BCUT2D eigenvalue weighted by molar-refractivity contribution is -0.148. The van der Waals surface area contributed by atoms with Crippen molar-refractivity contribution in [1.82, 2.24) is 10.2 Å². The maximum atomic E-state index is 13.7. The molecule has 3 atom stereocenters. The number of hydrogen-bond acceptors (Lipinski definition) is 4. The maximum Gasteiger partial charge on any atom is 0.253 e. The van der Waals surface area contributed by atoms with Crippen LogP contribution in [-0.2, 0) is 21.5 Å². The molecule has 2 aromatic rings. The van der Waals surface area contributed by atoms with E-state index in [0.717, 1.165) is 24.2 Å². The molecule has 2 aromatic carbocycles. The summed E-state index contributed by atoms with van der Waals surface area (Å²) in [5.74, 6) is 1.01. The van der Waals surface area contributed by atoms with Crippen LogP contribution >= 0.6 is 0 Å². The van der Waals surface area contributed by atoms with Gasteiger partial charge < -0.3 is 14.4 Å². The molecule has 0 radical (unpaired) electrons. The number of rotatable bonds is 8. The van der Waals surface area contributed by atoms with Gasteiger partial charge in [-0.2, -0.15) is 0 Å². The van der Waals surface area contributed by atoms with Crippen LogP contribution in [0.15, 0.2) is 48.5 Å². The summed E-state index contributed by atoms with van der Waals surface area (Å²) in [6, 6.07) is 16.7. The van der Waals surface area contributed by atoms with Crippen molar-refractivity contribution < 1.29 is 14.3 Å². The van der Waals surface area contributed by atoms with Gasteiger partial charge in [-0.3, -0.25) is 10.1 Å². The number of methoxy groups -OCH3 is 2. The Bertz CT molecular complexity index is 920. The maximum absolute atomic E-state index is 13.7. The molecule has 1 aliphatic rings. The fourth-order valence-corrected chi connectivity index (χ4v) is 4.74. The van der Waals surface area contributed by atoms with Crippen LogP contribution in [0.1, 0.15) is 70.2 Å². The van der Waals surface area contributed by atoms with Crippen molar-refractivity contribution in [1.29, 1.82) is 0 Å². The average Bonchev–Trinajstić information content (AvgIpc) is 3.21. The van der Waals surface area contributed by atoms with Crippen molar-refractivity contribution in [3.05, 3.63) is 65.2 Å². The number of nitrogens with one attached hydrogen (secondary N) is 1. The number of carbonyl (C=O) groups is 1. The largest absolute Gasteiger partial charge is 0.496 e. The van der Waals surface area contributed by atoms with Gasteiger partial charge in [0.1, 0.15) is 11.9 Å². The smallest absolute Gasteiger partial charge is 0.253 e. The summed E-state index contributed by atoms with van der Waals surface area (Å²) in [7, 11) is 3.33. The summed E-state index contributed by atoms with van der Waals surface area (Å²) in [5, 5.41) is 3.67. The van der Waals surface area contributed by atoms with Crippen LogP contribution in [0.3, 0.4) is 0 Å². The standard InChI is InChI=1S/C28H40N2O3/c1-19(2)26(33-7)27(31)30-23(20-11-9-8-10-12-20)14-16-25(30)29-18-21-17-22(28(3,4)5)13-15-24(21)32-6/h8-13,15,17,19,23,25-26,29H,14,16,18H2,1-7H3. The van der Waals surface area contributed by atoms with Gasteiger partial charge in [-0.25, -0.2) is 0 Å². The second-order valence-corrected chi connectivity index (χ2v) is 10.3. The summed E-state index contributed by atoms with van der Waals surface area (Å²) in [5.41, 5.74) is 3.59. The number of benzene rings is 2. The molecule has 0 saturated carbocycles. The van der Waals surface area contributed by atoms with Gasteiger partial charge in [0.2, 0.25) is 0 Å². The highest BCUT2D eigenvalue weighted by molar-refractivity contribution is 5.82. The zero-order chi connectivity index (χ0) is 24.2. The molecule has 1 aliphatic heterocycles. The summed E-state index contributed by atoms with van der Waals surface area (Å²) < 4.78 is 11.3. The van der Waals surface area contributed by atoms with Crippen molar-refractivity contribution in [2.24, 2.45) is 5.92 Å². The van der Waals surface area contributed by atoms with Crippen molar-refractivity contribution >= 4 is 5.91 Å². The van der Waals surface area contributed by atoms with Crippen molar-refractivity contribution in [3.63, 3.8) is 0 Å². The van der Waals surface area contributed by atoms with Gasteiger partial charge in [-0.1, -0.05) is 77.1 Å². The Morgan fingerprint density at radius 3 is 2.36 bits per heavy atom. The highest BCUT2D eigenvalue weighted by atomic mass is 16.5. The van der Waals surface area contributed by atoms with Gasteiger partial charge in [0.05, 0.1) is 19.3 Å². The summed E-state index contributed by atoms with van der Waals surface area (Å²) in [6.07, 6.45) is 1.28. The van der Waals surface area contributed by atoms with Gasteiger partial charge in [-0.05, 0) is 41.4 Å². The lowest BCUT2D eigenvalue weighted by Crippen LogP contribution is -2.50.